The molecule has 5 nitrogen and oxygen atoms in total. The van der Waals surface area contributed by atoms with Crippen molar-refractivity contribution in [2.75, 3.05) is 0 Å². The Hall–Kier alpha value is -2.52. The van der Waals surface area contributed by atoms with Gasteiger partial charge >= 0.3 is 0 Å². The molecule has 2 aromatic rings. The van der Waals surface area contributed by atoms with Gasteiger partial charge in [-0.05, 0) is 47.5 Å². The van der Waals surface area contributed by atoms with Gasteiger partial charge in [0.1, 0.15) is 12.4 Å². The first-order chi connectivity index (χ1) is 8.38. The lowest BCUT2D eigenvalue weighted by atomic mass is 10.3. The Labute approximate surface area is 98.3 Å². The minimum Gasteiger partial charge on any atom is -0.489 e. The molecular formula is C12H10N4O. The summed E-state index contributed by atoms with van der Waals surface area (Å²) in [6.07, 6.45) is 3.45. The summed E-state index contributed by atoms with van der Waals surface area (Å²) in [5.41, 5.74) is 9.89. The summed E-state index contributed by atoms with van der Waals surface area (Å²) in [4.78, 5) is 6.64. The minimum absolute atomic E-state index is 0.489. The number of pyridine rings is 1. The maximum atomic E-state index is 8.26. The molecule has 0 fully saturated rings. The van der Waals surface area contributed by atoms with Gasteiger partial charge in [0.25, 0.3) is 0 Å². The molecule has 0 aliphatic rings. The van der Waals surface area contributed by atoms with Gasteiger partial charge in [-0.1, -0.05) is 5.11 Å². The Bertz CT molecular complexity index is 518. The maximum Gasteiger partial charge on any atom is 0.119 e. The van der Waals surface area contributed by atoms with E-state index < -0.39 is 0 Å². The number of hydrogen-bond acceptors (Lipinski definition) is 3. The standard InChI is InChI=1S/C12H10N4O/c13-16-15-11-1-3-12(4-2-11)17-9-10-5-7-14-8-6-10/h1-8H,9H2. The molecule has 1 aromatic heterocycles. The summed E-state index contributed by atoms with van der Waals surface area (Å²) in [5, 5.41) is 3.48. The van der Waals surface area contributed by atoms with E-state index in [-0.39, 0.29) is 0 Å². The molecule has 84 valence electrons. The van der Waals surface area contributed by atoms with Crippen LogP contribution in [0.5, 0.6) is 5.75 Å². The van der Waals surface area contributed by atoms with E-state index in [1.54, 1.807) is 36.7 Å². The fourth-order valence-electron chi connectivity index (χ4n) is 1.31. The molecule has 1 heterocycles. The lowest BCUT2D eigenvalue weighted by Gasteiger charge is -2.05. The summed E-state index contributed by atoms with van der Waals surface area (Å²) in [6.45, 7) is 0.489. The van der Waals surface area contributed by atoms with Crippen molar-refractivity contribution >= 4 is 5.69 Å². The molecule has 0 aliphatic heterocycles. The Morgan fingerprint density at radius 3 is 2.47 bits per heavy atom. The molecule has 0 atom stereocenters. The molecule has 0 bridgehead atoms. The zero-order valence-corrected chi connectivity index (χ0v) is 9.02. The van der Waals surface area contributed by atoms with Crippen LogP contribution in [0.2, 0.25) is 0 Å². The SMILES string of the molecule is [N-]=[N+]=Nc1ccc(OCc2ccncc2)cc1. The van der Waals surface area contributed by atoms with Gasteiger partial charge in [0.2, 0.25) is 0 Å². The predicted octanol–water partition coefficient (Wildman–Crippen LogP) is 3.60. The molecule has 5 heteroatoms. The van der Waals surface area contributed by atoms with Crippen LogP contribution < -0.4 is 4.74 Å². The van der Waals surface area contributed by atoms with Crippen molar-refractivity contribution in [1.82, 2.24) is 4.98 Å². The Morgan fingerprint density at radius 2 is 1.82 bits per heavy atom. The highest BCUT2D eigenvalue weighted by Gasteiger charge is 1.95. The highest BCUT2D eigenvalue weighted by molar-refractivity contribution is 5.41. The van der Waals surface area contributed by atoms with Crippen LogP contribution in [-0.2, 0) is 6.61 Å². The van der Waals surface area contributed by atoms with Crippen LogP contribution in [0.25, 0.3) is 10.4 Å². The van der Waals surface area contributed by atoms with E-state index in [1.807, 2.05) is 12.1 Å². The number of rotatable bonds is 4. The predicted molar refractivity (Wildman–Crippen MR) is 63.8 cm³/mol. The van der Waals surface area contributed by atoms with Crippen molar-refractivity contribution in [1.29, 1.82) is 0 Å². The van der Waals surface area contributed by atoms with E-state index in [0.717, 1.165) is 11.3 Å². The second-order valence-corrected chi connectivity index (χ2v) is 3.33. The third-order valence-electron chi connectivity index (χ3n) is 2.15. The van der Waals surface area contributed by atoms with Gasteiger partial charge in [-0.25, -0.2) is 0 Å². The fourth-order valence-corrected chi connectivity index (χ4v) is 1.31. The minimum atomic E-state index is 0.489. The Kier molecular flexibility index (Phi) is 3.57. The molecule has 17 heavy (non-hydrogen) atoms. The van der Waals surface area contributed by atoms with E-state index in [0.29, 0.717) is 12.3 Å². The molecule has 0 aliphatic carbocycles. The van der Waals surface area contributed by atoms with Crippen molar-refractivity contribution < 1.29 is 4.74 Å². The number of azide groups is 1. The molecule has 0 saturated carbocycles. The maximum absolute atomic E-state index is 8.26. The zero-order chi connectivity index (χ0) is 11.9. The highest BCUT2D eigenvalue weighted by Crippen LogP contribution is 2.18. The van der Waals surface area contributed by atoms with Crippen LogP contribution in [-0.4, -0.2) is 4.98 Å². The van der Waals surface area contributed by atoms with Crippen molar-refractivity contribution in [3.8, 4) is 5.75 Å². The monoisotopic (exact) mass is 226 g/mol. The van der Waals surface area contributed by atoms with Gasteiger partial charge in [-0.2, -0.15) is 0 Å². The number of aromatic nitrogens is 1. The largest absolute Gasteiger partial charge is 0.489 e. The van der Waals surface area contributed by atoms with Crippen LogP contribution in [0, 0.1) is 0 Å². The Balaban J connectivity index is 1.98. The lowest BCUT2D eigenvalue weighted by molar-refractivity contribution is 0.306. The van der Waals surface area contributed by atoms with Crippen molar-refractivity contribution in [2.45, 2.75) is 6.61 Å². The summed E-state index contributed by atoms with van der Waals surface area (Å²) < 4.78 is 5.56. The summed E-state index contributed by atoms with van der Waals surface area (Å²) in [5.74, 6) is 0.735. The first kappa shape index (κ1) is 11.0. The molecule has 2 rings (SSSR count). The summed E-state index contributed by atoms with van der Waals surface area (Å²) in [6, 6.07) is 10.8. The average molecular weight is 226 g/mol. The third-order valence-corrected chi connectivity index (χ3v) is 2.15. The average Bonchev–Trinajstić information content (AvgIpc) is 2.40. The molecule has 0 saturated heterocycles. The van der Waals surface area contributed by atoms with E-state index >= 15 is 0 Å². The van der Waals surface area contributed by atoms with Gasteiger partial charge in [-0.3, -0.25) is 4.98 Å². The van der Waals surface area contributed by atoms with Crippen LogP contribution in [0.4, 0.5) is 5.69 Å². The normalized spacial score (nSPS) is 9.41. The lowest BCUT2D eigenvalue weighted by Crippen LogP contribution is -1.94. The van der Waals surface area contributed by atoms with Crippen molar-refractivity contribution in [3.63, 3.8) is 0 Å². The molecular weight excluding hydrogens is 216 g/mol. The molecule has 0 unspecified atom stereocenters. The van der Waals surface area contributed by atoms with Crippen LogP contribution in [0.1, 0.15) is 5.56 Å². The topological polar surface area (TPSA) is 70.9 Å². The van der Waals surface area contributed by atoms with Gasteiger partial charge in [0.15, 0.2) is 0 Å². The quantitative estimate of drug-likeness (QED) is 0.454. The fraction of sp³-hybridized carbons (Fsp3) is 0.0833. The van der Waals surface area contributed by atoms with Crippen molar-refractivity contribution in [3.05, 3.63) is 64.8 Å². The smallest absolute Gasteiger partial charge is 0.119 e. The van der Waals surface area contributed by atoms with Gasteiger partial charge in [0.05, 0.1) is 0 Å². The summed E-state index contributed by atoms with van der Waals surface area (Å²) >= 11 is 0. The van der Waals surface area contributed by atoms with Crippen LogP contribution in [0.15, 0.2) is 53.9 Å². The van der Waals surface area contributed by atoms with E-state index in [2.05, 4.69) is 15.0 Å². The number of nitrogens with zero attached hydrogens (tertiary/aromatic N) is 4. The first-order valence-electron chi connectivity index (χ1n) is 5.05. The number of benzene rings is 1. The molecule has 0 radical (unpaired) electrons. The van der Waals surface area contributed by atoms with E-state index in [4.69, 9.17) is 10.3 Å². The highest BCUT2D eigenvalue weighted by atomic mass is 16.5. The number of hydrogen-bond donors (Lipinski definition) is 0. The number of ether oxygens (including phenoxy) is 1. The van der Waals surface area contributed by atoms with Gasteiger partial charge in [0, 0.05) is 23.0 Å². The van der Waals surface area contributed by atoms with Crippen LogP contribution >= 0.6 is 0 Å². The first-order valence-corrected chi connectivity index (χ1v) is 5.05. The van der Waals surface area contributed by atoms with Crippen LogP contribution in [0.3, 0.4) is 0 Å². The van der Waals surface area contributed by atoms with E-state index in [1.165, 1.54) is 0 Å². The molecule has 0 amide bonds. The van der Waals surface area contributed by atoms with E-state index in [9.17, 15) is 0 Å². The summed E-state index contributed by atoms with van der Waals surface area (Å²) in [7, 11) is 0. The second-order valence-electron chi connectivity index (χ2n) is 3.33. The molecule has 0 spiro atoms. The molecule has 1 aromatic carbocycles. The van der Waals surface area contributed by atoms with Crippen molar-refractivity contribution in [2.24, 2.45) is 5.11 Å². The second kappa shape index (κ2) is 5.53. The molecule has 0 N–H and O–H groups in total. The third kappa shape index (κ3) is 3.22. The van der Waals surface area contributed by atoms with Gasteiger partial charge in [-0.15, -0.1) is 0 Å². The van der Waals surface area contributed by atoms with Gasteiger partial charge < -0.3 is 4.74 Å². The Morgan fingerprint density at radius 1 is 1.12 bits per heavy atom. The zero-order valence-electron chi connectivity index (χ0n) is 9.02.